The van der Waals surface area contributed by atoms with Gasteiger partial charge in [-0.15, -0.1) is 0 Å². The van der Waals surface area contributed by atoms with Gasteiger partial charge in [-0.3, -0.25) is 4.79 Å². The number of ether oxygens (including phenoxy) is 1. The smallest absolute Gasteiger partial charge is 0.306 e. The minimum absolute atomic E-state index is 0.378. The van der Waals surface area contributed by atoms with Crippen molar-refractivity contribution in [1.82, 2.24) is 4.98 Å². The van der Waals surface area contributed by atoms with Gasteiger partial charge in [-0.25, -0.2) is 0 Å². The molecule has 1 aromatic heterocycles. The average Bonchev–Trinajstić information content (AvgIpc) is 2.81. The quantitative estimate of drug-likeness (QED) is 0.740. The number of carboxylic acid groups (broad SMARTS) is 1. The predicted octanol–water partition coefficient (Wildman–Crippen LogP) is 1.77. The number of nitrogens with one attached hydrogen (secondary N) is 1. The number of hydrogen-bond donors (Lipinski definition) is 3. The molecule has 0 spiro atoms. The Morgan fingerprint density at radius 2 is 2.32 bits per heavy atom. The van der Waals surface area contributed by atoms with Gasteiger partial charge in [0.25, 0.3) is 0 Å². The van der Waals surface area contributed by atoms with Crippen LogP contribution in [0.25, 0.3) is 10.9 Å². The molecule has 0 amide bonds. The molecule has 5 nitrogen and oxygen atoms in total. The number of aromatic amines is 1. The highest BCUT2D eigenvalue weighted by atomic mass is 16.5. The zero-order chi connectivity index (χ0) is 13.8. The number of nitrogens with two attached hydrogens (primary N) is 1. The van der Waals surface area contributed by atoms with Crippen molar-refractivity contribution in [3.05, 3.63) is 30.0 Å². The number of methoxy groups -OCH3 is 1. The molecule has 0 saturated heterocycles. The van der Waals surface area contributed by atoms with Gasteiger partial charge in [-0.05, 0) is 31.0 Å². The lowest BCUT2D eigenvalue weighted by Gasteiger charge is -2.10. The molecule has 0 bridgehead atoms. The second-order valence-electron chi connectivity index (χ2n) is 4.51. The van der Waals surface area contributed by atoms with Gasteiger partial charge < -0.3 is 20.6 Å². The number of fused-ring (bicyclic) bond motifs is 1. The topological polar surface area (TPSA) is 88.3 Å². The van der Waals surface area contributed by atoms with Crippen LogP contribution in [0.2, 0.25) is 0 Å². The highest BCUT2D eigenvalue weighted by molar-refractivity contribution is 5.88. The molecule has 0 saturated carbocycles. The molecular formula is C14H18N2O3. The molecule has 102 valence electrons. The molecule has 1 unspecified atom stereocenters. The van der Waals surface area contributed by atoms with Gasteiger partial charge in [0.2, 0.25) is 0 Å². The molecule has 19 heavy (non-hydrogen) atoms. The van der Waals surface area contributed by atoms with Gasteiger partial charge in [0, 0.05) is 11.6 Å². The zero-order valence-electron chi connectivity index (χ0n) is 10.8. The fourth-order valence-corrected chi connectivity index (χ4v) is 2.30. The molecule has 1 aromatic carbocycles. The summed E-state index contributed by atoms with van der Waals surface area (Å²) in [5, 5.41) is 10.2. The molecule has 1 atom stereocenters. The molecule has 0 radical (unpaired) electrons. The number of aliphatic carboxylic acids is 1. The molecule has 0 aliphatic carbocycles. The van der Waals surface area contributed by atoms with Crippen LogP contribution in [0.1, 0.15) is 12.0 Å². The lowest BCUT2D eigenvalue weighted by atomic mass is 9.96. The SMILES string of the molecule is COc1cccc2c(CC(CCN)C(=O)O)c[nH]c12. The first-order valence-corrected chi connectivity index (χ1v) is 6.23. The van der Waals surface area contributed by atoms with Crippen molar-refractivity contribution in [2.45, 2.75) is 12.8 Å². The zero-order valence-corrected chi connectivity index (χ0v) is 10.8. The fraction of sp³-hybridized carbons (Fsp3) is 0.357. The molecular weight excluding hydrogens is 244 g/mol. The van der Waals surface area contributed by atoms with Crippen molar-refractivity contribution in [2.75, 3.05) is 13.7 Å². The third-order valence-corrected chi connectivity index (χ3v) is 3.31. The summed E-state index contributed by atoms with van der Waals surface area (Å²) in [5.74, 6) is -0.493. The van der Waals surface area contributed by atoms with E-state index in [-0.39, 0.29) is 0 Å². The van der Waals surface area contributed by atoms with E-state index >= 15 is 0 Å². The summed E-state index contributed by atoms with van der Waals surface area (Å²) < 4.78 is 5.27. The number of benzene rings is 1. The maximum atomic E-state index is 11.2. The van der Waals surface area contributed by atoms with Crippen molar-refractivity contribution in [1.29, 1.82) is 0 Å². The number of para-hydroxylation sites is 1. The van der Waals surface area contributed by atoms with Crippen LogP contribution < -0.4 is 10.5 Å². The van der Waals surface area contributed by atoms with E-state index in [0.29, 0.717) is 19.4 Å². The van der Waals surface area contributed by atoms with Crippen LogP contribution in [0.5, 0.6) is 5.75 Å². The lowest BCUT2D eigenvalue weighted by Crippen LogP contribution is -2.20. The minimum Gasteiger partial charge on any atom is -0.495 e. The van der Waals surface area contributed by atoms with Crippen LogP contribution in [-0.4, -0.2) is 29.7 Å². The van der Waals surface area contributed by atoms with Crippen LogP contribution in [0, 0.1) is 5.92 Å². The van der Waals surface area contributed by atoms with Gasteiger partial charge in [0.05, 0.1) is 18.5 Å². The summed E-state index contributed by atoms with van der Waals surface area (Å²) in [6.07, 6.45) is 2.80. The number of rotatable bonds is 6. The summed E-state index contributed by atoms with van der Waals surface area (Å²) in [4.78, 5) is 14.3. The van der Waals surface area contributed by atoms with Gasteiger partial charge in [-0.2, -0.15) is 0 Å². The van der Waals surface area contributed by atoms with E-state index in [1.165, 1.54) is 0 Å². The van der Waals surface area contributed by atoms with E-state index < -0.39 is 11.9 Å². The number of hydrogen-bond acceptors (Lipinski definition) is 3. The Kier molecular flexibility index (Phi) is 4.06. The van der Waals surface area contributed by atoms with Crippen LogP contribution in [0.15, 0.2) is 24.4 Å². The first-order chi connectivity index (χ1) is 9.17. The summed E-state index contributed by atoms with van der Waals surface area (Å²) in [6, 6.07) is 5.74. The molecule has 0 fully saturated rings. The van der Waals surface area contributed by atoms with E-state index in [4.69, 9.17) is 10.5 Å². The Bertz CT molecular complexity index is 577. The molecule has 0 aliphatic heterocycles. The van der Waals surface area contributed by atoms with E-state index in [2.05, 4.69) is 4.98 Å². The highest BCUT2D eigenvalue weighted by Gasteiger charge is 2.19. The molecule has 5 heteroatoms. The van der Waals surface area contributed by atoms with Crippen molar-refractivity contribution < 1.29 is 14.6 Å². The van der Waals surface area contributed by atoms with Gasteiger partial charge >= 0.3 is 5.97 Å². The first-order valence-electron chi connectivity index (χ1n) is 6.23. The van der Waals surface area contributed by atoms with Crippen LogP contribution in [-0.2, 0) is 11.2 Å². The number of carboxylic acids is 1. The Morgan fingerprint density at radius 3 is 2.95 bits per heavy atom. The normalized spacial score (nSPS) is 12.5. The number of aromatic nitrogens is 1. The maximum absolute atomic E-state index is 11.2. The van der Waals surface area contributed by atoms with Crippen molar-refractivity contribution in [2.24, 2.45) is 11.7 Å². The molecule has 0 aliphatic rings. The second kappa shape index (κ2) is 5.75. The lowest BCUT2D eigenvalue weighted by molar-refractivity contribution is -0.141. The number of H-pyrrole nitrogens is 1. The molecule has 1 heterocycles. The van der Waals surface area contributed by atoms with E-state index in [0.717, 1.165) is 22.2 Å². The minimum atomic E-state index is -0.803. The number of carbonyl (C=O) groups is 1. The Morgan fingerprint density at radius 1 is 1.53 bits per heavy atom. The monoisotopic (exact) mass is 262 g/mol. The third kappa shape index (κ3) is 2.71. The summed E-state index contributed by atoms with van der Waals surface area (Å²) in [5.41, 5.74) is 7.34. The van der Waals surface area contributed by atoms with Crippen LogP contribution in [0.4, 0.5) is 0 Å². The van der Waals surface area contributed by atoms with Crippen molar-refractivity contribution >= 4 is 16.9 Å². The molecule has 2 aromatic rings. The van der Waals surface area contributed by atoms with E-state index in [1.54, 1.807) is 7.11 Å². The Hall–Kier alpha value is -2.01. The first kappa shape index (κ1) is 13.4. The Labute approximate surface area is 111 Å². The summed E-state index contributed by atoms with van der Waals surface area (Å²) in [7, 11) is 1.61. The third-order valence-electron chi connectivity index (χ3n) is 3.31. The van der Waals surface area contributed by atoms with Gasteiger partial charge in [-0.1, -0.05) is 12.1 Å². The van der Waals surface area contributed by atoms with Crippen molar-refractivity contribution in [3.8, 4) is 5.75 Å². The molecule has 4 N–H and O–H groups in total. The summed E-state index contributed by atoms with van der Waals surface area (Å²) in [6.45, 7) is 0.378. The fourth-order valence-electron chi connectivity index (χ4n) is 2.30. The maximum Gasteiger partial charge on any atom is 0.306 e. The van der Waals surface area contributed by atoms with E-state index in [1.807, 2.05) is 24.4 Å². The predicted molar refractivity (Wildman–Crippen MR) is 73.4 cm³/mol. The van der Waals surface area contributed by atoms with E-state index in [9.17, 15) is 9.90 Å². The largest absolute Gasteiger partial charge is 0.495 e. The molecule has 2 rings (SSSR count). The average molecular weight is 262 g/mol. The van der Waals surface area contributed by atoms with Crippen LogP contribution in [0.3, 0.4) is 0 Å². The van der Waals surface area contributed by atoms with Gasteiger partial charge in [0.1, 0.15) is 5.75 Å². The standard InChI is InChI=1S/C14H18N2O3/c1-19-12-4-2-3-11-10(8-16-13(11)12)7-9(5-6-15)14(17)18/h2-4,8-9,16H,5-7,15H2,1H3,(H,17,18). The van der Waals surface area contributed by atoms with Gasteiger partial charge in [0.15, 0.2) is 0 Å². The highest BCUT2D eigenvalue weighted by Crippen LogP contribution is 2.28. The second-order valence-corrected chi connectivity index (χ2v) is 4.51. The van der Waals surface area contributed by atoms with Crippen molar-refractivity contribution in [3.63, 3.8) is 0 Å². The summed E-state index contributed by atoms with van der Waals surface area (Å²) >= 11 is 0. The van der Waals surface area contributed by atoms with Crippen LogP contribution >= 0.6 is 0 Å². The Balaban J connectivity index is 2.33.